The lowest BCUT2D eigenvalue weighted by Crippen LogP contribution is -2.21. The number of nitro groups is 1. The van der Waals surface area contributed by atoms with E-state index in [0.29, 0.717) is 6.54 Å². The van der Waals surface area contributed by atoms with Gasteiger partial charge >= 0.3 is 0 Å². The standard InChI is InChI=1S/C14H17N3O2S/c1-16(8-7-12-5-3-9-20-12)10-11-4-2-6-13(14(11)15)17(18)19/h2-6,9H,7-8,10,15H2,1H3. The van der Waals surface area contributed by atoms with Crippen LogP contribution in [0.2, 0.25) is 0 Å². The minimum atomic E-state index is -0.440. The zero-order chi connectivity index (χ0) is 14.5. The van der Waals surface area contributed by atoms with E-state index in [4.69, 9.17) is 5.73 Å². The highest BCUT2D eigenvalue weighted by molar-refractivity contribution is 7.09. The number of nitro benzene ring substituents is 1. The molecule has 0 fully saturated rings. The molecule has 0 unspecified atom stereocenters. The summed E-state index contributed by atoms with van der Waals surface area (Å²) in [7, 11) is 1.99. The van der Waals surface area contributed by atoms with Crippen LogP contribution in [-0.4, -0.2) is 23.4 Å². The summed E-state index contributed by atoms with van der Waals surface area (Å²) in [6.45, 7) is 1.50. The summed E-state index contributed by atoms with van der Waals surface area (Å²) in [5.41, 5.74) is 6.90. The van der Waals surface area contributed by atoms with E-state index in [-0.39, 0.29) is 11.4 Å². The van der Waals surface area contributed by atoms with Gasteiger partial charge in [0, 0.05) is 24.0 Å². The van der Waals surface area contributed by atoms with Crippen molar-refractivity contribution < 1.29 is 4.92 Å². The largest absolute Gasteiger partial charge is 0.393 e. The van der Waals surface area contributed by atoms with E-state index >= 15 is 0 Å². The highest BCUT2D eigenvalue weighted by Gasteiger charge is 2.15. The lowest BCUT2D eigenvalue weighted by atomic mass is 10.1. The van der Waals surface area contributed by atoms with Gasteiger partial charge in [0.2, 0.25) is 0 Å². The summed E-state index contributed by atoms with van der Waals surface area (Å²) in [4.78, 5) is 13.9. The first kappa shape index (κ1) is 14.5. The van der Waals surface area contributed by atoms with Gasteiger partial charge in [-0.25, -0.2) is 0 Å². The molecule has 1 heterocycles. The molecule has 0 aliphatic carbocycles. The zero-order valence-corrected chi connectivity index (χ0v) is 12.1. The minimum absolute atomic E-state index is 0.0193. The Morgan fingerprint density at radius 2 is 2.15 bits per heavy atom. The van der Waals surface area contributed by atoms with Gasteiger partial charge < -0.3 is 10.6 Å². The van der Waals surface area contributed by atoms with Gasteiger partial charge in [-0.1, -0.05) is 18.2 Å². The van der Waals surface area contributed by atoms with E-state index in [2.05, 4.69) is 16.3 Å². The molecule has 20 heavy (non-hydrogen) atoms. The summed E-state index contributed by atoms with van der Waals surface area (Å²) in [5.74, 6) is 0. The fourth-order valence-electron chi connectivity index (χ4n) is 2.02. The van der Waals surface area contributed by atoms with Crippen molar-refractivity contribution in [1.82, 2.24) is 4.90 Å². The Hall–Kier alpha value is -1.92. The maximum absolute atomic E-state index is 10.9. The normalized spacial score (nSPS) is 10.9. The number of rotatable bonds is 6. The van der Waals surface area contributed by atoms with Crippen LogP contribution >= 0.6 is 11.3 Å². The highest BCUT2D eigenvalue weighted by Crippen LogP contribution is 2.25. The summed E-state index contributed by atoms with van der Waals surface area (Å²) < 4.78 is 0. The maximum Gasteiger partial charge on any atom is 0.292 e. The average Bonchev–Trinajstić information content (AvgIpc) is 2.91. The third kappa shape index (κ3) is 3.55. The monoisotopic (exact) mass is 291 g/mol. The van der Waals surface area contributed by atoms with Gasteiger partial charge in [-0.05, 0) is 30.5 Å². The third-order valence-corrected chi connectivity index (χ3v) is 4.07. The van der Waals surface area contributed by atoms with Gasteiger partial charge in [0.15, 0.2) is 0 Å². The fourth-order valence-corrected chi connectivity index (χ4v) is 2.72. The summed E-state index contributed by atoms with van der Waals surface area (Å²) in [5, 5.41) is 12.9. The van der Waals surface area contributed by atoms with Crippen LogP contribution in [0.3, 0.4) is 0 Å². The van der Waals surface area contributed by atoms with E-state index in [1.807, 2.05) is 19.2 Å². The second kappa shape index (κ2) is 6.49. The topological polar surface area (TPSA) is 72.4 Å². The molecule has 0 spiro atoms. The number of nitrogen functional groups attached to an aromatic ring is 1. The number of para-hydroxylation sites is 1. The summed E-state index contributed by atoms with van der Waals surface area (Å²) >= 11 is 1.74. The van der Waals surface area contributed by atoms with E-state index < -0.39 is 4.92 Å². The van der Waals surface area contributed by atoms with E-state index in [1.165, 1.54) is 10.9 Å². The Kier molecular flexibility index (Phi) is 4.70. The van der Waals surface area contributed by atoms with Crippen LogP contribution < -0.4 is 5.73 Å². The second-order valence-electron chi connectivity index (χ2n) is 4.67. The quantitative estimate of drug-likeness (QED) is 0.504. The van der Waals surface area contributed by atoms with Crippen LogP contribution in [0.5, 0.6) is 0 Å². The van der Waals surface area contributed by atoms with Crippen molar-refractivity contribution in [3.8, 4) is 0 Å². The third-order valence-electron chi connectivity index (χ3n) is 3.13. The second-order valence-corrected chi connectivity index (χ2v) is 5.71. The molecule has 0 saturated heterocycles. The SMILES string of the molecule is CN(CCc1cccs1)Cc1cccc([N+](=O)[O-])c1N. The molecule has 0 saturated carbocycles. The Bertz CT molecular complexity index is 584. The van der Waals surface area contributed by atoms with Gasteiger partial charge in [0.05, 0.1) is 4.92 Å². The molecule has 1 aromatic carbocycles. The number of nitrogens with two attached hydrogens (primary N) is 1. The molecule has 2 N–H and O–H groups in total. The lowest BCUT2D eigenvalue weighted by molar-refractivity contribution is -0.384. The van der Waals surface area contributed by atoms with Gasteiger partial charge in [-0.15, -0.1) is 11.3 Å². The molecule has 0 atom stereocenters. The number of anilines is 1. The minimum Gasteiger partial charge on any atom is -0.393 e. The first-order valence-corrected chi connectivity index (χ1v) is 7.18. The summed E-state index contributed by atoms with van der Waals surface area (Å²) in [6.07, 6.45) is 0.975. The van der Waals surface area contributed by atoms with Gasteiger partial charge in [-0.3, -0.25) is 10.1 Å². The van der Waals surface area contributed by atoms with Gasteiger partial charge in [0.25, 0.3) is 5.69 Å². The summed E-state index contributed by atoms with van der Waals surface area (Å²) in [6, 6.07) is 9.10. The molecule has 6 heteroatoms. The van der Waals surface area contributed by atoms with Gasteiger partial charge in [-0.2, -0.15) is 0 Å². The number of thiophene rings is 1. The number of hydrogen-bond acceptors (Lipinski definition) is 5. The predicted octanol–water partition coefficient (Wildman–Crippen LogP) is 2.91. The molecule has 2 rings (SSSR count). The lowest BCUT2D eigenvalue weighted by Gasteiger charge is -2.17. The first-order chi connectivity index (χ1) is 9.58. The molecule has 2 aromatic rings. The molecule has 106 valence electrons. The van der Waals surface area contributed by atoms with E-state index in [1.54, 1.807) is 17.4 Å². The average molecular weight is 291 g/mol. The van der Waals surface area contributed by atoms with E-state index in [9.17, 15) is 10.1 Å². The molecule has 0 aliphatic rings. The van der Waals surface area contributed by atoms with Crippen molar-refractivity contribution in [1.29, 1.82) is 0 Å². The number of benzene rings is 1. The number of likely N-dealkylation sites (N-methyl/N-ethyl adjacent to an activating group) is 1. The molecule has 0 aliphatic heterocycles. The molecule has 0 amide bonds. The number of hydrogen-bond donors (Lipinski definition) is 1. The van der Waals surface area contributed by atoms with Crippen LogP contribution in [0.15, 0.2) is 35.7 Å². The zero-order valence-electron chi connectivity index (χ0n) is 11.3. The van der Waals surface area contributed by atoms with Gasteiger partial charge in [0.1, 0.15) is 5.69 Å². The van der Waals surface area contributed by atoms with Crippen LogP contribution in [0.1, 0.15) is 10.4 Å². The van der Waals surface area contributed by atoms with Crippen molar-refractivity contribution in [3.63, 3.8) is 0 Å². The van der Waals surface area contributed by atoms with Crippen molar-refractivity contribution in [3.05, 3.63) is 56.3 Å². The van der Waals surface area contributed by atoms with Crippen molar-refractivity contribution >= 4 is 22.7 Å². The smallest absolute Gasteiger partial charge is 0.292 e. The van der Waals surface area contributed by atoms with Crippen molar-refractivity contribution in [2.75, 3.05) is 19.3 Å². The van der Waals surface area contributed by atoms with Crippen LogP contribution in [0.25, 0.3) is 0 Å². The predicted molar refractivity (Wildman–Crippen MR) is 81.9 cm³/mol. The van der Waals surface area contributed by atoms with Crippen LogP contribution in [-0.2, 0) is 13.0 Å². The molecular formula is C14H17N3O2S. The van der Waals surface area contributed by atoms with E-state index in [0.717, 1.165) is 18.5 Å². The Labute approximate surface area is 121 Å². The molecular weight excluding hydrogens is 274 g/mol. The van der Waals surface area contributed by atoms with Crippen LogP contribution in [0, 0.1) is 10.1 Å². The Morgan fingerprint density at radius 3 is 2.80 bits per heavy atom. The number of nitrogens with zero attached hydrogens (tertiary/aromatic N) is 2. The van der Waals surface area contributed by atoms with Crippen molar-refractivity contribution in [2.45, 2.75) is 13.0 Å². The van der Waals surface area contributed by atoms with Crippen LogP contribution in [0.4, 0.5) is 11.4 Å². The maximum atomic E-state index is 10.9. The Morgan fingerprint density at radius 1 is 1.35 bits per heavy atom. The molecule has 0 bridgehead atoms. The Balaban J connectivity index is 1.99. The first-order valence-electron chi connectivity index (χ1n) is 6.30. The molecule has 5 nitrogen and oxygen atoms in total. The highest BCUT2D eigenvalue weighted by atomic mass is 32.1. The fraction of sp³-hybridized carbons (Fsp3) is 0.286. The molecule has 1 aromatic heterocycles. The molecule has 0 radical (unpaired) electrons. The van der Waals surface area contributed by atoms with Crippen molar-refractivity contribution in [2.24, 2.45) is 0 Å².